The molecule has 1 N–H and O–H groups in total. The van der Waals surface area contributed by atoms with E-state index in [2.05, 4.69) is 9.97 Å². The Morgan fingerprint density at radius 3 is 2.78 bits per heavy atom. The highest BCUT2D eigenvalue weighted by Gasteiger charge is 2.48. The number of hydrogen-bond acceptors (Lipinski definition) is 7. The van der Waals surface area contributed by atoms with E-state index in [4.69, 9.17) is 16.3 Å². The summed E-state index contributed by atoms with van der Waals surface area (Å²) in [7, 11) is 0. The van der Waals surface area contributed by atoms with Gasteiger partial charge in [-0.3, -0.25) is 19.5 Å². The minimum absolute atomic E-state index is 0.0636. The molecule has 1 amide bonds. The first-order valence-electron chi connectivity index (χ1n) is 11.1. The highest BCUT2D eigenvalue weighted by atomic mass is 35.5. The number of aromatic nitrogens is 2. The minimum Gasteiger partial charge on any atom is -0.507 e. The number of ether oxygens (including phenoxy) is 1. The van der Waals surface area contributed by atoms with Crippen LogP contribution in [0.3, 0.4) is 0 Å². The summed E-state index contributed by atoms with van der Waals surface area (Å²) < 4.78 is 20.2. The molecule has 10 heteroatoms. The lowest BCUT2D eigenvalue weighted by atomic mass is 9.94. The molecule has 1 fully saturated rings. The summed E-state index contributed by atoms with van der Waals surface area (Å²) in [6.45, 7) is 0.628. The van der Waals surface area contributed by atoms with Gasteiger partial charge in [0.05, 0.1) is 33.5 Å². The summed E-state index contributed by atoms with van der Waals surface area (Å²) >= 11 is 6.97. The Morgan fingerprint density at radius 2 is 1.97 bits per heavy atom. The molecule has 0 saturated carbocycles. The largest absolute Gasteiger partial charge is 0.507 e. The number of pyridine rings is 1. The van der Waals surface area contributed by atoms with Gasteiger partial charge in [-0.15, -0.1) is 0 Å². The van der Waals surface area contributed by atoms with E-state index >= 15 is 0 Å². The van der Waals surface area contributed by atoms with Crippen LogP contribution in [0.5, 0.6) is 5.75 Å². The molecule has 6 rings (SSSR count). The number of aliphatic hydroxyl groups is 1. The van der Waals surface area contributed by atoms with Gasteiger partial charge in [0, 0.05) is 18.0 Å². The third kappa shape index (κ3) is 3.63. The quantitative estimate of drug-likeness (QED) is 0.219. The molecule has 4 heterocycles. The van der Waals surface area contributed by atoms with Crippen LogP contribution in [0.4, 0.5) is 9.52 Å². The first-order chi connectivity index (χ1) is 17.4. The van der Waals surface area contributed by atoms with Crippen molar-refractivity contribution >= 4 is 55.7 Å². The molecule has 2 aliphatic rings. The van der Waals surface area contributed by atoms with Gasteiger partial charge >= 0.3 is 5.91 Å². The van der Waals surface area contributed by atoms with Gasteiger partial charge in [-0.05, 0) is 66.4 Å². The van der Waals surface area contributed by atoms with Gasteiger partial charge in [-0.1, -0.05) is 22.9 Å². The minimum atomic E-state index is -0.957. The van der Waals surface area contributed by atoms with Crippen molar-refractivity contribution in [3.8, 4) is 5.75 Å². The van der Waals surface area contributed by atoms with Crippen LogP contribution in [-0.4, -0.2) is 33.4 Å². The van der Waals surface area contributed by atoms with Crippen molar-refractivity contribution in [2.75, 3.05) is 11.5 Å². The van der Waals surface area contributed by atoms with Gasteiger partial charge in [0.25, 0.3) is 5.78 Å². The number of aliphatic hydroxyl groups excluding tert-OH is 1. The van der Waals surface area contributed by atoms with Crippen molar-refractivity contribution in [3.63, 3.8) is 0 Å². The SMILES string of the molecule is O=C1C(=O)N(c2nc3cc(Cl)c(F)cc3s2)C(c2ccncc2)/C1=C(\O)c1ccc2c(c1)CCCO2. The predicted molar refractivity (Wildman–Crippen MR) is 134 cm³/mol. The molecule has 7 nitrogen and oxygen atoms in total. The Kier molecular flexibility index (Phi) is 5.46. The molecule has 1 unspecified atom stereocenters. The van der Waals surface area contributed by atoms with Gasteiger partial charge < -0.3 is 9.84 Å². The monoisotopic (exact) mass is 521 g/mol. The predicted octanol–water partition coefficient (Wildman–Crippen LogP) is 5.44. The zero-order valence-corrected chi connectivity index (χ0v) is 20.1. The third-order valence-electron chi connectivity index (χ3n) is 6.27. The van der Waals surface area contributed by atoms with Gasteiger partial charge in [-0.25, -0.2) is 9.37 Å². The number of aryl methyl sites for hydroxylation is 1. The first kappa shape index (κ1) is 22.6. The van der Waals surface area contributed by atoms with Crippen molar-refractivity contribution < 1.29 is 23.8 Å². The average Bonchev–Trinajstić information content (AvgIpc) is 3.41. The summed E-state index contributed by atoms with van der Waals surface area (Å²) in [4.78, 5) is 36.4. The Morgan fingerprint density at radius 1 is 1.17 bits per heavy atom. The molecular formula is C26H17ClFN3O4S. The number of benzene rings is 2. The molecule has 0 spiro atoms. The standard InChI is InChI=1S/C26H17ClFN3O4S/c27-16-11-18-20(12-17(16)28)36-26(30-18)31-22(13-5-7-29-8-6-13)21(24(33)25(31)34)23(32)15-3-4-19-14(10-15)2-1-9-35-19/h3-8,10-12,22,32H,1-2,9H2/b23-21+. The van der Waals surface area contributed by atoms with Crippen LogP contribution < -0.4 is 9.64 Å². The first-order valence-corrected chi connectivity index (χ1v) is 12.3. The van der Waals surface area contributed by atoms with Crippen molar-refractivity contribution in [3.05, 3.63) is 88.0 Å². The maximum absolute atomic E-state index is 14.0. The maximum atomic E-state index is 14.0. The Labute approximate surface area is 213 Å². The number of halogens is 2. The molecule has 0 bridgehead atoms. The smallest absolute Gasteiger partial charge is 0.301 e. The number of thiazole rings is 1. The number of carbonyl (C=O) groups excluding carboxylic acids is 2. The lowest BCUT2D eigenvalue weighted by Gasteiger charge is -2.23. The Balaban J connectivity index is 1.53. The molecule has 0 aliphatic carbocycles. The van der Waals surface area contributed by atoms with Gasteiger partial charge in [0.1, 0.15) is 17.3 Å². The number of carbonyl (C=O) groups is 2. The molecule has 2 aliphatic heterocycles. The lowest BCUT2D eigenvalue weighted by molar-refractivity contribution is -0.132. The van der Waals surface area contributed by atoms with Crippen molar-refractivity contribution in [2.24, 2.45) is 0 Å². The zero-order valence-electron chi connectivity index (χ0n) is 18.6. The van der Waals surface area contributed by atoms with E-state index in [-0.39, 0.29) is 21.5 Å². The lowest BCUT2D eigenvalue weighted by Crippen LogP contribution is -2.29. The van der Waals surface area contributed by atoms with Gasteiger partial charge in [0.2, 0.25) is 0 Å². The Hall–Kier alpha value is -3.82. The number of fused-ring (bicyclic) bond motifs is 2. The summed E-state index contributed by atoms with van der Waals surface area (Å²) in [5.74, 6) is -1.84. The molecule has 36 heavy (non-hydrogen) atoms. The molecule has 1 atom stereocenters. The van der Waals surface area contributed by atoms with Crippen LogP contribution in [0.25, 0.3) is 16.0 Å². The van der Waals surface area contributed by atoms with Crippen molar-refractivity contribution in [1.82, 2.24) is 9.97 Å². The van der Waals surface area contributed by atoms with E-state index < -0.39 is 23.5 Å². The fraction of sp³-hybridized carbons (Fsp3) is 0.154. The van der Waals surface area contributed by atoms with Crippen molar-refractivity contribution in [2.45, 2.75) is 18.9 Å². The number of anilines is 1. The van der Waals surface area contributed by atoms with E-state index in [0.717, 1.165) is 35.5 Å². The molecule has 2 aromatic heterocycles. The second kappa shape index (κ2) is 8.69. The number of nitrogens with zero attached hydrogens (tertiary/aromatic N) is 3. The number of hydrogen-bond donors (Lipinski definition) is 1. The summed E-state index contributed by atoms with van der Waals surface area (Å²) in [6, 6.07) is 10.2. The number of Topliss-reactive ketones (excluding diaryl/α,β-unsaturated/α-hetero) is 1. The summed E-state index contributed by atoms with van der Waals surface area (Å²) in [6.07, 6.45) is 4.71. The fourth-order valence-electron chi connectivity index (χ4n) is 4.57. The van der Waals surface area contributed by atoms with Crippen LogP contribution in [0.15, 0.2) is 60.4 Å². The second-order valence-corrected chi connectivity index (χ2v) is 9.87. The summed E-state index contributed by atoms with van der Waals surface area (Å²) in [5.41, 5.74) is 2.23. The normalized spacial score (nSPS) is 18.9. The van der Waals surface area contributed by atoms with Crippen LogP contribution in [0.2, 0.25) is 5.02 Å². The Bertz CT molecular complexity index is 1550. The molecule has 180 valence electrons. The van der Waals surface area contributed by atoms with Crippen LogP contribution in [0.1, 0.15) is 29.2 Å². The fourth-order valence-corrected chi connectivity index (χ4v) is 5.73. The highest BCUT2D eigenvalue weighted by molar-refractivity contribution is 7.22. The van der Waals surface area contributed by atoms with Gasteiger partial charge in [0.15, 0.2) is 5.13 Å². The summed E-state index contributed by atoms with van der Waals surface area (Å²) in [5, 5.41) is 11.5. The second-order valence-electron chi connectivity index (χ2n) is 8.45. The highest BCUT2D eigenvalue weighted by Crippen LogP contribution is 2.45. The molecule has 1 saturated heterocycles. The maximum Gasteiger partial charge on any atom is 0.301 e. The van der Waals surface area contributed by atoms with E-state index in [1.165, 1.54) is 17.0 Å². The average molecular weight is 522 g/mol. The van der Waals surface area contributed by atoms with E-state index in [0.29, 0.717) is 28.0 Å². The molecule has 4 aromatic rings. The van der Waals surface area contributed by atoms with Gasteiger partial charge in [-0.2, -0.15) is 0 Å². The zero-order chi connectivity index (χ0) is 25.0. The number of ketones is 1. The third-order valence-corrected chi connectivity index (χ3v) is 7.58. The molecule has 0 radical (unpaired) electrons. The van der Waals surface area contributed by atoms with E-state index in [9.17, 15) is 19.1 Å². The van der Waals surface area contributed by atoms with E-state index in [1.807, 2.05) is 0 Å². The number of amides is 1. The number of rotatable bonds is 3. The van der Waals surface area contributed by atoms with Crippen LogP contribution >= 0.6 is 22.9 Å². The van der Waals surface area contributed by atoms with Crippen LogP contribution in [-0.2, 0) is 16.0 Å². The van der Waals surface area contributed by atoms with Crippen molar-refractivity contribution in [1.29, 1.82) is 0 Å². The van der Waals surface area contributed by atoms with Crippen LogP contribution in [0, 0.1) is 5.82 Å². The molecule has 2 aromatic carbocycles. The van der Waals surface area contributed by atoms with E-state index in [1.54, 1.807) is 42.7 Å². The molecular weight excluding hydrogens is 505 g/mol. The topological polar surface area (TPSA) is 92.6 Å².